The van der Waals surface area contributed by atoms with E-state index in [4.69, 9.17) is 10.1 Å². The molecule has 0 atom stereocenters. The number of nitrogens with zero attached hydrogens (tertiary/aromatic N) is 4. The minimum absolute atomic E-state index is 0.294. The van der Waals surface area contributed by atoms with Crippen molar-refractivity contribution >= 4 is 40.5 Å². The van der Waals surface area contributed by atoms with Crippen LogP contribution in [0, 0.1) is 0 Å². The lowest BCUT2D eigenvalue weighted by molar-refractivity contribution is 0.0697. The second-order valence-electron chi connectivity index (χ2n) is 10.1. The van der Waals surface area contributed by atoms with Crippen molar-refractivity contribution in [3.63, 3.8) is 0 Å². The van der Waals surface area contributed by atoms with Gasteiger partial charge in [0.25, 0.3) is 0 Å². The van der Waals surface area contributed by atoms with Crippen molar-refractivity contribution in [1.29, 1.82) is 0 Å². The summed E-state index contributed by atoms with van der Waals surface area (Å²) in [6.45, 7) is 2.80. The van der Waals surface area contributed by atoms with Crippen LogP contribution in [0.3, 0.4) is 0 Å². The third-order valence-corrected chi connectivity index (χ3v) is 9.07. The van der Waals surface area contributed by atoms with Crippen LogP contribution in [0.15, 0.2) is 129 Å². The van der Waals surface area contributed by atoms with Crippen molar-refractivity contribution in [2.75, 3.05) is 0 Å². The van der Waals surface area contributed by atoms with Crippen molar-refractivity contribution in [3.05, 3.63) is 126 Å². The van der Waals surface area contributed by atoms with E-state index in [0.29, 0.717) is 17.7 Å². The second kappa shape index (κ2) is 13.3. The number of hydrogen-bond donors (Lipinski definition) is 1. The van der Waals surface area contributed by atoms with Crippen LogP contribution < -0.4 is 0 Å². The lowest BCUT2D eigenvalue weighted by atomic mass is 9.99. The molecule has 43 heavy (non-hydrogen) atoms. The molecule has 6 aromatic rings. The molecule has 4 aromatic carbocycles. The van der Waals surface area contributed by atoms with E-state index in [9.17, 15) is 9.90 Å². The summed E-state index contributed by atoms with van der Waals surface area (Å²) in [6.07, 6.45) is 2.94. The van der Waals surface area contributed by atoms with Gasteiger partial charge in [0.2, 0.25) is 0 Å². The zero-order chi connectivity index (χ0) is 29.6. The number of carboxylic acid groups (broad SMARTS) is 1. The molecule has 0 bridgehead atoms. The number of carbonyl (C=O) groups is 1. The van der Waals surface area contributed by atoms with Gasteiger partial charge in [0.1, 0.15) is 21.9 Å². The molecule has 2 heterocycles. The van der Waals surface area contributed by atoms with Crippen molar-refractivity contribution in [1.82, 2.24) is 19.7 Å². The van der Waals surface area contributed by atoms with E-state index in [1.165, 1.54) is 0 Å². The zero-order valence-electron chi connectivity index (χ0n) is 23.7. The first kappa shape index (κ1) is 28.7. The minimum Gasteiger partial charge on any atom is -0.478 e. The first-order valence-corrected chi connectivity index (χ1v) is 15.9. The average molecular weight is 603 g/mol. The van der Waals surface area contributed by atoms with Crippen LogP contribution in [0.5, 0.6) is 0 Å². The van der Waals surface area contributed by atoms with Gasteiger partial charge < -0.3 is 9.67 Å². The number of fused-ring (bicyclic) bond motifs is 1. The molecule has 0 saturated heterocycles. The van der Waals surface area contributed by atoms with Gasteiger partial charge in [-0.3, -0.25) is 0 Å². The van der Waals surface area contributed by atoms with Gasteiger partial charge in [0.15, 0.2) is 5.03 Å². The summed E-state index contributed by atoms with van der Waals surface area (Å²) < 4.78 is 2.29. The number of benzene rings is 4. The highest BCUT2D eigenvalue weighted by molar-refractivity contribution is 8.00. The van der Waals surface area contributed by atoms with E-state index >= 15 is 0 Å². The smallest absolute Gasteiger partial charge is 0.336 e. The maximum Gasteiger partial charge on any atom is 0.336 e. The lowest BCUT2D eigenvalue weighted by Gasteiger charge is -2.13. The molecule has 8 heteroatoms. The number of aryl methyl sites for hydroxylation is 1. The Morgan fingerprint density at radius 2 is 1.37 bits per heavy atom. The molecule has 0 radical (unpaired) electrons. The maximum atomic E-state index is 11.8. The van der Waals surface area contributed by atoms with Crippen LogP contribution in [-0.2, 0) is 13.0 Å². The molecule has 214 valence electrons. The third-order valence-electron chi connectivity index (χ3n) is 7.12. The van der Waals surface area contributed by atoms with Crippen LogP contribution in [0.1, 0.15) is 41.5 Å². The van der Waals surface area contributed by atoms with Crippen LogP contribution in [0.2, 0.25) is 0 Å². The van der Waals surface area contributed by atoms with E-state index in [-0.39, 0.29) is 0 Å². The van der Waals surface area contributed by atoms with E-state index < -0.39 is 5.97 Å². The summed E-state index contributed by atoms with van der Waals surface area (Å²) in [6, 6.07) is 35.7. The Labute approximate surface area is 259 Å². The van der Waals surface area contributed by atoms with Gasteiger partial charge in [0.05, 0.1) is 5.56 Å². The standard InChI is InChI=1S/C35H30N4O2S2/c1-2-3-18-30-36-31-32(39(30)23-24-19-21-25(22-20-24)28-16-10-11-17-29(28)35(40)41)34(43-27-14-8-5-9-15-27)38-37-33(31)42-26-12-6-4-7-13-26/h4-17,19-22H,2-3,18,23H2,1H3,(H,40,41). The zero-order valence-corrected chi connectivity index (χ0v) is 25.3. The summed E-state index contributed by atoms with van der Waals surface area (Å²) in [7, 11) is 0. The molecule has 1 N–H and O–H groups in total. The molecule has 0 aliphatic heterocycles. The predicted molar refractivity (Wildman–Crippen MR) is 173 cm³/mol. The second-order valence-corrected chi connectivity index (χ2v) is 12.2. The fourth-order valence-corrected chi connectivity index (χ4v) is 6.72. The molecule has 0 unspecified atom stereocenters. The average Bonchev–Trinajstić information content (AvgIpc) is 3.41. The van der Waals surface area contributed by atoms with Crippen molar-refractivity contribution in [2.24, 2.45) is 0 Å². The van der Waals surface area contributed by atoms with Crippen molar-refractivity contribution in [3.8, 4) is 11.1 Å². The topological polar surface area (TPSA) is 80.9 Å². The molecule has 0 saturated carbocycles. The number of unbranched alkanes of at least 4 members (excludes halogenated alkanes) is 1. The Hall–Kier alpha value is -4.40. The predicted octanol–water partition coefficient (Wildman–Crippen LogP) is 8.88. The molecule has 6 rings (SSSR count). The third kappa shape index (κ3) is 6.50. The molecule has 0 aliphatic carbocycles. The Bertz CT molecular complexity index is 1860. The summed E-state index contributed by atoms with van der Waals surface area (Å²) in [4.78, 5) is 19.2. The van der Waals surface area contributed by atoms with Crippen LogP contribution >= 0.6 is 23.5 Å². The first-order valence-electron chi connectivity index (χ1n) is 14.2. The summed E-state index contributed by atoms with van der Waals surface area (Å²) in [5.74, 6) is 0.0793. The fraction of sp³-hybridized carbons (Fsp3) is 0.143. The number of aromatic carboxylic acids is 1. The number of aromatic nitrogens is 4. The van der Waals surface area contributed by atoms with E-state index in [1.54, 1.807) is 35.7 Å². The SMILES string of the molecule is CCCCc1nc2c(Sc3ccccc3)nnc(Sc3ccccc3)c2n1Cc1ccc(-c2ccccc2C(=O)O)cc1. The normalized spacial score (nSPS) is 11.2. The van der Waals surface area contributed by atoms with Crippen molar-refractivity contribution < 1.29 is 9.90 Å². The van der Waals surface area contributed by atoms with E-state index in [0.717, 1.165) is 67.1 Å². The van der Waals surface area contributed by atoms with Crippen LogP contribution in [0.25, 0.3) is 22.2 Å². The molecule has 0 amide bonds. The van der Waals surface area contributed by atoms with Gasteiger partial charge in [-0.1, -0.05) is 116 Å². The van der Waals surface area contributed by atoms with E-state index in [1.807, 2.05) is 60.7 Å². The number of imidazole rings is 1. The Morgan fingerprint density at radius 1 is 0.767 bits per heavy atom. The largest absolute Gasteiger partial charge is 0.478 e. The van der Waals surface area contributed by atoms with Gasteiger partial charge in [-0.15, -0.1) is 10.2 Å². The van der Waals surface area contributed by atoms with Crippen molar-refractivity contribution in [2.45, 2.75) is 52.6 Å². The van der Waals surface area contributed by atoms with Gasteiger partial charge in [-0.05, 0) is 53.4 Å². The maximum absolute atomic E-state index is 11.8. The number of hydrogen-bond acceptors (Lipinski definition) is 6. The Kier molecular flexibility index (Phi) is 8.86. The van der Waals surface area contributed by atoms with Gasteiger partial charge >= 0.3 is 5.97 Å². The summed E-state index contributed by atoms with van der Waals surface area (Å²) in [5, 5.41) is 20.7. The Balaban J connectivity index is 1.44. The lowest BCUT2D eigenvalue weighted by Crippen LogP contribution is -2.07. The molecule has 6 nitrogen and oxygen atoms in total. The summed E-state index contributed by atoms with van der Waals surface area (Å²) in [5.41, 5.74) is 4.81. The molecule has 0 aliphatic rings. The molecule has 0 fully saturated rings. The highest BCUT2D eigenvalue weighted by atomic mass is 32.2. The monoisotopic (exact) mass is 602 g/mol. The van der Waals surface area contributed by atoms with Gasteiger partial charge in [-0.25, -0.2) is 9.78 Å². The molecule has 0 spiro atoms. The van der Waals surface area contributed by atoms with Gasteiger partial charge in [-0.2, -0.15) is 0 Å². The van der Waals surface area contributed by atoms with Crippen LogP contribution in [-0.4, -0.2) is 30.8 Å². The van der Waals surface area contributed by atoms with E-state index in [2.05, 4.69) is 53.0 Å². The highest BCUT2D eigenvalue weighted by Gasteiger charge is 2.21. The first-order chi connectivity index (χ1) is 21.1. The quantitative estimate of drug-likeness (QED) is 0.159. The fourth-order valence-electron chi connectivity index (χ4n) is 4.98. The molecule has 2 aromatic heterocycles. The highest BCUT2D eigenvalue weighted by Crippen LogP contribution is 2.38. The van der Waals surface area contributed by atoms with Crippen LogP contribution in [0.4, 0.5) is 0 Å². The molecular weight excluding hydrogens is 573 g/mol. The summed E-state index contributed by atoms with van der Waals surface area (Å²) >= 11 is 3.18. The molecular formula is C35H30N4O2S2. The minimum atomic E-state index is -0.932. The van der Waals surface area contributed by atoms with Gasteiger partial charge in [0, 0.05) is 22.8 Å². The number of rotatable bonds is 11. The Morgan fingerprint density at radius 3 is 2.02 bits per heavy atom. The number of carboxylic acids is 1.